The zero-order valence-electron chi connectivity index (χ0n) is 17.4. The van der Waals surface area contributed by atoms with Gasteiger partial charge in [-0.05, 0) is 24.3 Å². The number of aromatic nitrogens is 1. The van der Waals surface area contributed by atoms with Crippen LogP contribution in [0.3, 0.4) is 0 Å². The fraction of sp³-hybridized carbons (Fsp3) is 0.227. The molecule has 0 aliphatic carbocycles. The monoisotopic (exact) mass is 422 g/mol. The number of rotatable bonds is 5. The Morgan fingerprint density at radius 1 is 1.16 bits per heavy atom. The number of para-hydroxylation sites is 1. The molecule has 0 fully saturated rings. The summed E-state index contributed by atoms with van der Waals surface area (Å²) < 4.78 is 12.0. The van der Waals surface area contributed by atoms with Gasteiger partial charge in [-0.15, -0.1) is 0 Å². The molecular formula is C22H22N4O5. The van der Waals surface area contributed by atoms with Gasteiger partial charge in [0.15, 0.2) is 0 Å². The van der Waals surface area contributed by atoms with Gasteiger partial charge in [0.1, 0.15) is 17.1 Å². The summed E-state index contributed by atoms with van der Waals surface area (Å²) in [6.07, 6.45) is 0.256. The number of hydrogen-bond acceptors (Lipinski definition) is 6. The Labute approximate surface area is 178 Å². The van der Waals surface area contributed by atoms with Gasteiger partial charge in [0.2, 0.25) is 5.91 Å². The molecule has 3 N–H and O–H groups in total. The minimum absolute atomic E-state index is 0.101. The maximum atomic E-state index is 13.3. The van der Waals surface area contributed by atoms with E-state index in [1.807, 2.05) is 22.8 Å². The second kappa shape index (κ2) is 8.02. The molecule has 0 atom stereocenters. The molecule has 2 heterocycles. The molecule has 3 aromatic rings. The summed E-state index contributed by atoms with van der Waals surface area (Å²) in [6, 6.07) is 10.4. The van der Waals surface area contributed by atoms with Crippen LogP contribution in [-0.4, -0.2) is 43.6 Å². The molecule has 9 heteroatoms. The number of carbonyl (C=O) groups is 3. The van der Waals surface area contributed by atoms with Gasteiger partial charge >= 0.3 is 5.97 Å². The summed E-state index contributed by atoms with van der Waals surface area (Å²) in [5, 5.41) is 9.59. The zero-order chi connectivity index (χ0) is 22.1. The largest absolute Gasteiger partial charge is 0.494 e. The molecule has 2 amide bonds. The summed E-state index contributed by atoms with van der Waals surface area (Å²) in [5.74, 6) is -0.644. The molecule has 160 valence electrons. The molecule has 31 heavy (non-hydrogen) atoms. The molecule has 4 rings (SSSR count). The first-order chi connectivity index (χ1) is 15.0. The topological polar surface area (TPSA) is 111 Å². The molecule has 0 saturated carbocycles. The van der Waals surface area contributed by atoms with Gasteiger partial charge in [0.05, 0.1) is 36.7 Å². The van der Waals surface area contributed by atoms with E-state index < -0.39 is 5.97 Å². The zero-order valence-corrected chi connectivity index (χ0v) is 17.4. The van der Waals surface area contributed by atoms with Crippen LogP contribution in [0.2, 0.25) is 0 Å². The number of benzene rings is 2. The number of hydrogen-bond donors (Lipinski definition) is 3. The van der Waals surface area contributed by atoms with Gasteiger partial charge in [-0.1, -0.05) is 12.1 Å². The third-order valence-corrected chi connectivity index (χ3v) is 5.23. The lowest BCUT2D eigenvalue weighted by Crippen LogP contribution is -2.19. The van der Waals surface area contributed by atoms with E-state index >= 15 is 0 Å². The van der Waals surface area contributed by atoms with Crippen molar-refractivity contribution in [1.29, 1.82) is 0 Å². The summed E-state index contributed by atoms with van der Waals surface area (Å²) >= 11 is 0. The van der Waals surface area contributed by atoms with Crippen molar-refractivity contribution < 1.29 is 23.9 Å². The standard InChI is InChI=1S/C22H22N4O5/c1-23-19-15(9-13(22(29)31-3)11-17(19)30-2)25-21(28)16-10-12-5-4-6-14-20(12)26(16)8-7-18(27)24-14/h4-6,9-11,23H,7-8H2,1-3H3,(H,24,27)(H,25,28). The van der Waals surface area contributed by atoms with E-state index in [9.17, 15) is 14.4 Å². The van der Waals surface area contributed by atoms with Crippen LogP contribution in [0.4, 0.5) is 17.1 Å². The Morgan fingerprint density at radius 2 is 1.97 bits per heavy atom. The first kappa shape index (κ1) is 20.3. The number of methoxy groups -OCH3 is 2. The maximum Gasteiger partial charge on any atom is 0.338 e. The van der Waals surface area contributed by atoms with Gasteiger partial charge in [0.25, 0.3) is 5.91 Å². The van der Waals surface area contributed by atoms with Gasteiger partial charge in [-0.25, -0.2) is 4.79 Å². The minimum atomic E-state index is -0.550. The van der Waals surface area contributed by atoms with Crippen LogP contribution in [0.5, 0.6) is 5.75 Å². The normalized spacial score (nSPS) is 12.7. The number of carbonyl (C=O) groups excluding carboxylic acids is 3. The van der Waals surface area contributed by atoms with E-state index in [1.165, 1.54) is 26.4 Å². The maximum absolute atomic E-state index is 13.3. The third kappa shape index (κ3) is 3.54. The second-order valence-corrected chi connectivity index (χ2v) is 7.02. The number of nitrogens with zero attached hydrogens (tertiary/aromatic N) is 1. The van der Waals surface area contributed by atoms with Crippen molar-refractivity contribution >= 4 is 45.7 Å². The molecule has 0 unspecified atom stereocenters. The predicted molar refractivity (Wildman–Crippen MR) is 117 cm³/mol. The van der Waals surface area contributed by atoms with Crippen molar-refractivity contribution in [2.75, 3.05) is 37.2 Å². The van der Waals surface area contributed by atoms with Crippen molar-refractivity contribution in [3.05, 3.63) is 47.7 Å². The molecule has 0 spiro atoms. The van der Waals surface area contributed by atoms with E-state index in [1.54, 1.807) is 13.1 Å². The van der Waals surface area contributed by atoms with Crippen molar-refractivity contribution in [3.63, 3.8) is 0 Å². The minimum Gasteiger partial charge on any atom is -0.494 e. The third-order valence-electron chi connectivity index (χ3n) is 5.23. The fourth-order valence-electron chi connectivity index (χ4n) is 3.83. The Kier molecular flexibility index (Phi) is 5.24. The summed E-state index contributed by atoms with van der Waals surface area (Å²) in [5.41, 5.74) is 3.01. The lowest BCUT2D eigenvalue weighted by molar-refractivity contribution is -0.116. The lowest BCUT2D eigenvalue weighted by Gasteiger charge is -2.16. The van der Waals surface area contributed by atoms with E-state index in [4.69, 9.17) is 9.47 Å². The van der Waals surface area contributed by atoms with E-state index in [0.29, 0.717) is 35.1 Å². The predicted octanol–water partition coefficient (Wildman–Crippen LogP) is 3.07. The van der Waals surface area contributed by atoms with Gasteiger partial charge < -0.3 is 30.0 Å². The Bertz CT molecular complexity index is 1210. The first-order valence-corrected chi connectivity index (χ1v) is 9.68. The van der Waals surface area contributed by atoms with Crippen LogP contribution in [0.25, 0.3) is 10.9 Å². The van der Waals surface area contributed by atoms with Crippen molar-refractivity contribution in [2.45, 2.75) is 13.0 Å². The van der Waals surface area contributed by atoms with E-state index in [2.05, 4.69) is 16.0 Å². The quantitative estimate of drug-likeness (QED) is 0.545. The molecule has 1 aliphatic rings. The second-order valence-electron chi connectivity index (χ2n) is 7.02. The van der Waals surface area contributed by atoms with Crippen molar-refractivity contribution in [2.24, 2.45) is 0 Å². The Morgan fingerprint density at radius 3 is 2.68 bits per heavy atom. The molecule has 2 aromatic carbocycles. The highest BCUT2D eigenvalue weighted by Crippen LogP contribution is 2.35. The number of nitrogens with one attached hydrogen (secondary N) is 3. The highest BCUT2D eigenvalue weighted by atomic mass is 16.5. The fourth-order valence-corrected chi connectivity index (χ4v) is 3.83. The van der Waals surface area contributed by atoms with E-state index in [-0.39, 0.29) is 23.8 Å². The molecule has 9 nitrogen and oxygen atoms in total. The van der Waals surface area contributed by atoms with Crippen LogP contribution >= 0.6 is 0 Å². The molecule has 0 bridgehead atoms. The summed E-state index contributed by atoms with van der Waals surface area (Å²) in [7, 11) is 4.45. The average Bonchev–Trinajstić information content (AvgIpc) is 3.07. The van der Waals surface area contributed by atoms with Crippen LogP contribution < -0.4 is 20.7 Å². The number of amides is 2. The summed E-state index contributed by atoms with van der Waals surface area (Å²) in [6.45, 7) is 0.375. The average molecular weight is 422 g/mol. The van der Waals surface area contributed by atoms with Gasteiger partial charge in [0, 0.05) is 25.4 Å². The van der Waals surface area contributed by atoms with Gasteiger partial charge in [-0.3, -0.25) is 9.59 Å². The molecule has 0 radical (unpaired) electrons. The Balaban J connectivity index is 1.78. The number of anilines is 3. The number of aryl methyl sites for hydroxylation is 1. The van der Waals surface area contributed by atoms with E-state index in [0.717, 1.165) is 10.9 Å². The van der Waals surface area contributed by atoms with Crippen LogP contribution in [0.1, 0.15) is 27.3 Å². The van der Waals surface area contributed by atoms with Crippen LogP contribution in [0.15, 0.2) is 36.4 Å². The van der Waals surface area contributed by atoms with Crippen LogP contribution in [-0.2, 0) is 16.1 Å². The Hall–Kier alpha value is -4.01. The van der Waals surface area contributed by atoms with Crippen LogP contribution in [0, 0.1) is 0 Å². The smallest absolute Gasteiger partial charge is 0.338 e. The molecular weight excluding hydrogens is 400 g/mol. The van der Waals surface area contributed by atoms with Crippen molar-refractivity contribution in [3.8, 4) is 5.75 Å². The highest BCUT2D eigenvalue weighted by Gasteiger charge is 2.23. The molecule has 0 saturated heterocycles. The lowest BCUT2D eigenvalue weighted by atomic mass is 10.1. The summed E-state index contributed by atoms with van der Waals surface area (Å²) in [4.78, 5) is 37.4. The molecule has 1 aliphatic heterocycles. The van der Waals surface area contributed by atoms with Crippen molar-refractivity contribution in [1.82, 2.24) is 4.57 Å². The van der Waals surface area contributed by atoms with Gasteiger partial charge in [-0.2, -0.15) is 0 Å². The SMILES string of the molecule is CNc1c(NC(=O)c2cc3cccc4c3n2CCC(=O)N4)cc(C(=O)OC)cc1OC. The highest BCUT2D eigenvalue weighted by molar-refractivity contribution is 6.11. The molecule has 1 aromatic heterocycles. The number of ether oxygens (including phenoxy) is 2. The number of esters is 1. The first-order valence-electron chi connectivity index (χ1n) is 9.68.